The minimum absolute atomic E-state index is 0.0690. The summed E-state index contributed by atoms with van der Waals surface area (Å²) >= 11 is 0. The Morgan fingerprint density at radius 2 is 1.87 bits per heavy atom. The molecule has 0 saturated heterocycles. The van der Waals surface area contributed by atoms with Crippen LogP contribution in [0.3, 0.4) is 0 Å². The van der Waals surface area contributed by atoms with Crippen LogP contribution >= 0.6 is 0 Å². The van der Waals surface area contributed by atoms with Gasteiger partial charge in [-0.2, -0.15) is 0 Å². The monoisotopic (exact) mass is 409 g/mol. The second-order valence-electron chi connectivity index (χ2n) is 7.74. The number of H-pyrrole nitrogens is 2. The van der Waals surface area contributed by atoms with Crippen molar-refractivity contribution in [3.05, 3.63) is 75.7 Å². The van der Waals surface area contributed by atoms with E-state index >= 15 is 0 Å². The van der Waals surface area contributed by atoms with Crippen LogP contribution in [0.15, 0.2) is 53.3 Å². The van der Waals surface area contributed by atoms with Gasteiger partial charge in [0.2, 0.25) is 5.91 Å². The first-order valence-corrected chi connectivity index (χ1v) is 9.56. The zero-order valence-corrected chi connectivity index (χ0v) is 16.6. The number of carbonyl (C=O) groups excluding carboxylic acids is 1. The van der Waals surface area contributed by atoms with E-state index in [1.54, 1.807) is 43.3 Å². The molecular formula is C22H23N3O5. The molecular weight excluding hydrogens is 386 g/mol. The lowest BCUT2D eigenvalue weighted by Crippen LogP contribution is -2.51. The Labute approximate surface area is 172 Å². The smallest absolute Gasteiger partial charge is 0.267 e. The number of phenols is 1. The maximum atomic E-state index is 13.4. The van der Waals surface area contributed by atoms with Gasteiger partial charge in [0.05, 0.1) is 24.3 Å². The van der Waals surface area contributed by atoms with Crippen molar-refractivity contribution in [2.45, 2.75) is 24.9 Å². The fourth-order valence-electron chi connectivity index (χ4n) is 4.30. The molecule has 0 fully saturated rings. The molecule has 0 spiro atoms. The zero-order valence-electron chi connectivity index (χ0n) is 16.6. The average molecular weight is 409 g/mol. The number of para-hydroxylation sites is 2. The highest BCUT2D eigenvalue weighted by molar-refractivity contribution is 5.96. The third-order valence-corrected chi connectivity index (χ3v) is 5.65. The SMILES string of the molecule is COc1ccccc1NC(=O)C1C(c2ccc(O)cc2)c2c([nH][nH]c2=O)CC1(C)O. The van der Waals surface area contributed by atoms with E-state index in [1.165, 1.54) is 19.2 Å². The number of aromatic nitrogens is 2. The van der Waals surface area contributed by atoms with Gasteiger partial charge in [0.1, 0.15) is 11.5 Å². The van der Waals surface area contributed by atoms with E-state index in [1.807, 2.05) is 0 Å². The van der Waals surface area contributed by atoms with Crippen LogP contribution in [0.4, 0.5) is 5.69 Å². The number of hydrogen-bond donors (Lipinski definition) is 5. The first-order chi connectivity index (χ1) is 14.3. The molecule has 0 bridgehead atoms. The predicted molar refractivity (Wildman–Crippen MR) is 111 cm³/mol. The molecule has 156 valence electrons. The van der Waals surface area contributed by atoms with E-state index in [9.17, 15) is 19.8 Å². The fourth-order valence-corrected chi connectivity index (χ4v) is 4.30. The second-order valence-corrected chi connectivity index (χ2v) is 7.74. The average Bonchev–Trinajstić information content (AvgIpc) is 3.07. The number of aromatic amines is 2. The third-order valence-electron chi connectivity index (χ3n) is 5.65. The number of aromatic hydroxyl groups is 1. The molecule has 0 aliphatic heterocycles. The molecule has 5 N–H and O–H groups in total. The van der Waals surface area contributed by atoms with Gasteiger partial charge in [-0.3, -0.25) is 14.7 Å². The summed E-state index contributed by atoms with van der Waals surface area (Å²) in [5.74, 6) is -1.55. The Morgan fingerprint density at radius 3 is 2.57 bits per heavy atom. The van der Waals surface area contributed by atoms with Crippen molar-refractivity contribution >= 4 is 11.6 Å². The molecule has 2 aromatic carbocycles. The number of ether oxygens (including phenoxy) is 1. The number of aliphatic hydroxyl groups is 1. The second kappa shape index (κ2) is 7.38. The van der Waals surface area contributed by atoms with E-state index in [-0.39, 0.29) is 17.7 Å². The molecule has 4 rings (SSSR count). The summed E-state index contributed by atoms with van der Waals surface area (Å²) < 4.78 is 5.31. The topological polar surface area (TPSA) is 127 Å². The van der Waals surface area contributed by atoms with Crippen LogP contribution in [0.2, 0.25) is 0 Å². The number of hydrogen-bond acceptors (Lipinski definition) is 5. The summed E-state index contributed by atoms with van der Waals surface area (Å²) in [6.07, 6.45) is 0.111. The molecule has 8 nitrogen and oxygen atoms in total. The molecule has 30 heavy (non-hydrogen) atoms. The highest BCUT2D eigenvalue weighted by Gasteiger charge is 2.50. The van der Waals surface area contributed by atoms with E-state index in [2.05, 4.69) is 15.5 Å². The summed E-state index contributed by atoms with van der Waals surface area (Å²) in [5.41, 5.74) is 0.302. The van der Waals surface area contributed by atoms with Gasteiger partial charge in [-0.05, 0) is 36.8 Å². The normalized spacial score (nSPS) is 22.9. The highest BCUT2D eigenvalue weighted by atomic mass is 16.5. The Morgan fingerprint density at radius 1 is 1.17 bits per heavy atom. The van der Waals surface area contributed by atoms with E-state index in [0.29, 0.717) is 28.3 Å². The van der Waals surface area contributed by atoms with Gasteiger partial charge < -0.3 is 25.4 Å². The largest absolute Gasteiger partial charge is 0.508 e. The molecule has 1 aliphatic carbocycles. The molecule has 3 aromatic rings. The van der Waals surface area contributed by atoms with Crippen LogP contribution in [0.25, 0.3) is 0 Å². The maximum Gasteiger partial charge on any atom is 0.267 e. The van der Waals surface area contributed by atoms with Gasteiger partial charge in [0.15, 0.2) is 0 Å². The predicted octanol–water partition coefficient (Wildman–Crippen LogP) is 2.11. The summed E-state index contributed by atoms with van der Waals surface area (Å²) in [5, 5.41) is 29.2. The highest BCUT2D eigenvalue weighted by Crippen LogP contribution is 2.44. The van der Waals surface area contributed by atoms with Crippen LogP contribution in [0.5, 0.6) is 11.5 Å². The van der Waals surface area contributed by atoms with Gasteiger partial charge >= 0.3 is 0 Å². The number of anilines is 1. The number of rotatable bonds is 4. The molecule has 8 heteroatoms. The number of nitrogens with one attached hydrogen (secondary N) is 3. The van der Waals surface area contributed by atoms with Crippen LogP contribution in [-0.4, -0.2) is 39.0 Å². The summed E-state index contributed by atoms with van der Waals surface area (Å²) in [4.78, 5) is 26.0. The minimum Gasteiger partial charge on any atom is -0.508 e. The van der Waals surface area contributed by atoms with E-state index in [4.69, 9.17) is 4.74 Å². The number of methoxy groups -OCH3 is 1. The fraction of sp³-hybridized carbons (Fsp3) is 0.273. The van der Waals surface area contributed by atoms with Gasteiger partial charge in [-0.15, -0.1) is 0 Å². The summed E-state index contributed by atoms with van der Waals surface area (Å²) in [6.45, 7) is 1.58. The Hall–Kier alpha value is -3.52. The Bertz CT molecular complexity index is 1130. The van der Waals surface area contributed by atoms with Crippen molar-refractivity contribution in [3.63, 3.8) is 0 Å². The first kappa shape index (κ1) is 19.8. The van der Waals surface area contributed by atoms with E-state index in [0.717, 1.165) is 0 Å². The minimum atomic E-state index is -1.44. The third kappa shape index (κ3) is 3.35. The van der Waals surface area contributed by atoms with Crippen LogP contribution < -0.4 is 15.6 Å². The van der Waals surface area contributed by atoms with Crippen LogP contribution in [0, 0.1) is 5.92 Å². The Kier molecular flexibility index (Phi) is 4.87. The van der Waals surface area contributed by atoms with Crippen LogP contribution in [0.1, 0.15) is 29.7 Å². The number of amides is 1. The maximum absolute atomic E-state index is 13.4. The number of carbonyl (C=O) groups is 1. The van der Waals surface area contributed by atoms with E-state index < -0.39 is 23.3 Å². The lowest BCUT2D eigenvalue weighted by Gasteiger charge is -2.41. The van der Waals surface area contributed by atoms with Crippen molar-refractivity contribution in [2.24, 2.45) is 5.92 Å². The van der Waals surface area contributed by atoms with Gasteiger partial charge in [-0.25, -0.2) is 0 Å². The van der Waals surface area contributed by atoms with Gasteiger partial charge in [0, 0.05) is 23.6 Å². The van der Waals surface area contributed by atoms with Crippen molar-refractivity contribution in [2.75, 3.05) is 12.4 Å². The number of phenolic OH excluding ortho intramolecular Hbond substituents is 1. The quantitative estimate of drug-likeness (QED) is 0.451. The molecule has 1 heterocycles. The van der Waals surface area contributed by atoms with Crippen molar-refractivity contribution < 1.29 is 19.7 Å². The number of benzene rings is 2. The molecule has 0 saturated carbocycles. The standard InChI is InChI=1S/C22H23N3O5/c1-22(29)11-15-18(20(27)25-24-15)17(12-7-9-13(26)10-8-12)19(22)21(28)23-14-5-3-4-6-16(14)30-2/h3-10,17,19,26,29H,11H2,1-2H3,(H,23,28)(H2,24,25,27). The molecule has 0 radical (unpaired) electrons. The molecule has 3 atom stereocenters. The van der Waals surface area contributed by atoms with Crippen molar-refractivity contribution in [3.8, 4) is 11.5 Å². The lowest BCUT2D eigenvalue weighted by molar-refractivity contribution is -0.130. The summed E-state index contributed by atoms with van der Waals surface area (Å²) in [6, 6.07) is 13.3. The molecule has 3 unspecified atom stereocenters. The van der Waals surface area contributed by atoms with Crippen molar-refractivity contribution in [1.82, 2.24) is 10.2 Å². The molecule has 1 aliphatic rings. The van der Waals surface area contributed by atoms with Crippen LogP contribution in [-0.2, 0) is 11.2 Å². The van der Waals surface area contributed by atoms with Gasteiger partial charge in [-0.1, -0.05) is 24.3 Å². The molecule has 1 aromatic heterocycles. The zero-order chi connectivity index (χ0) is 21.5. The Balaban J connectivity index is 1.82. The van der Waals surface area contributed by atoms with Gasteiger partial charge in [0.25, 0.3) is 5.56 Å². The first-order valence-electron chi connectivity index (χ1n) is 9.56. The summed E-state index contributed by atoms with van der Waals surface area (Å²) in [7, 11) is 1.51. The molecule has 1 amide bonds. The van der Waals surface area contributed by atoms with Crippen molar-refractivity contribution in [1.29, 1.82) is 0 Å². The number of fused-ring (bicyclic) bond motifs is 1. The lowest BCUT2D eigenvalue weighted by atomic mass is 9.66.